The summed E-state index contributed by atoms with van der Waals surface area (Å²) in [6.45, 7) is 3.40. The lowest BCUT2D eigenvalue weighted by molar-refractivity contribution is -0.572. The van der Waals surface area contributed by atoms with Crippen LogP contribution in [0.4, 0.5) is 5.69 Å². The highest BCUT2D eigenvalue weighted by molar-refractivity contribution is 5.87. The van der Waals surface area contributed by atoms with Crippen LogP contribution in [-0.2, 0) is 0 Å². The predicted octanol–water partition coefficient (Wildman–Crippen LogP) is 3.11. The Bertz CT molecular complexity index is 524. The van der Waals surface area contributed by atoms with E-state index >= 15 is 0 Å². The number of ether oxygens (including phenoxy) is 1. The monoisotopic (exact) mass is 273 g/mol. The van der Waals surface area contributed by atoms with Gasteiger partial charge in [-0.3, -0.25) is 0 Å². The van der Waals surface area contributed by atoms with Crippen LogP contribution in [0, 0.1) is 5.92 Å². The van der Waals surface area contributed by atoms with Crippen LogP contribution in [0.15, 0.2) is 18.2 Å². The topological polar surface area (TPSA) is 15.5 Å². The fourth-order valence-electron chi connectivity index (χ4n) is 3.64. The van der Waals surface area contributed by atoms with Gasteiger partial charge in [-0.2, -0.15) is 0 Å². The third-order valence-electron chi connectivity index (χ3n) is 4.82. The average molecular weight is 273 g/mol. The summed E-state index contributed by atoms with van der Waals surface area (Å²) < 4.78 is 7.89. The molecule has 0 radical (unpaired) electrons. The minimum atomic E-state index is 0.686. The van der Waals surface area contributed by atoms with Crippen molar-refractivity contribution in [1.29, 1.82) is 0 Å². The smallest absolute Gasteiger partial charge is 0.218 e. The Balaban J connectivity index is 1.94. The molecule has 0 amide bonds. The van der Waals surface area contributed by atoms with Crippen LogP contribution in [-0.4, -0.2) is 37.7 Å². The largest absolute Gasteiger partial charge is 0.497 e. The molecule has 3 nitrogen and oxygen atoms in total. The predicted molar refractivity (Wildman–Crippen MR) is 83.1 cm³/mol. The number of anilines is 1. The fraction of sp³-hybridized carbons (Fsp3) is 0.588. The molecule has 0 bridgehead atoms. The van der Waals surface area contributed by atoms with Gasteiger partial charge in [0, 0.05) is 19.4 Å². The van der Waals surface area contributed by atoms with Gasteiger partial charge in [0.1, 0.15) is 5.75 Å². The number of methoxy groups -OCH3 is 1. The van der Waals surface area contributed by atoms with E-state index < -0.39 is 0 Å². The summed E-state index contributed by atoms with van der Waals surface area (Å²) in [5, 5.41) is 0. The number of hydrogen-bond acceptors (Lipinski definition) is 2. The second-order valence-corrected chi connectivity index (χ2v) is 6.24. The molecule has 3 rings (SSSR count). The van der Waals surface area contributed by atoms with E-state index in [1.165, 1.54) is 36.9 Å². The van der Waals surface area contributed by atoms with Crippen molar-refractivity contribution in [2.24, 2.45) is 5.92 Å². The zero-order valence-corrected chi connectivity index (χ0v) is 12.8. The zero-order valence-electron chi connectivity index (χ0n) is 12.8. The first kappa shape index (κ1) is 13.5. The molecule has 1 fully saturated rings. The van der Waals surface area contributed by atoms with E-state index in [2.05, 4.69) is 41.8 Å². The number of nitrogens with zero attached hydrogens (tertiary/aromatic N) is 2. The molecule has 1 saturated carbocycles. The Labute approximate surface area is 121 Å². The van der Waals surface area contributed by atoms with Gasteiger partial charge in [-0.15, -0.1) is 0 Å². The highest BCUT2D eigenvalue weighted by Crippen LogP contribution is 2.30. The number of rotatable bonds is 2. The number of hydrogen-bond donors (Lipinski definition) is 0. The third-order valence-corrected chi connectivity index (χ3v) is 4.82. The van der Waals surface area contributed by atoms with Crippen LogP contribution in [0.5, 0.6) is 5.75 Å². The normalized spacial score (nSPS) is 25.9. The van der Waals surface area contributed by atoms with Crippen molar-refractivity contribution in [3.63, 3.8) is 0 Å². The molecule has 0 aromatic heterocycles. The summed E-state index contributed by atoms with van der Waals surface area (Å²) >= 11 is 0. The lowest BCUT2D eigenvalue weighted by Crippen LogP contribution is -2.43. The summed E-state index contributed by atoms with van der Waals surface area (Å²) in [6, 6.07) is 7.03. The average Bonchev–Trinajstić information content (AvgIpc) is 2.47. The molecule has 1 aliphatic carbocycles. The van der Waals surface area contributed by atoms with Crippen molar-refractivity contribution >= 4 is 11.9 Å². The van der Waals surface area contributed by atoms with Gasteiger partial charge in [-0.05, 0) is 31.0 Å². The summed E-state index contributed by atoms with van der Waals surface area (Å²) in [5.41, 5.74) is 2.57. The van der Waals surface area contributed by atoms with E-state index in [-0.39, 0.29) is 0 Å². The Morgan fingerprint density at radius 1 is 1.25 bits per heavy atom. The van der Waals surface area contributed by atoms with E-state index in [1.807, 2.05) is 6.07 Å². The van der Waals surface area contributed by atoms with Gasteiger partial charge in [-0.1, -0.05) is 13.3 Å². The fourth-order valence-corrected chi connectivity index (χ4v) is 3.64. The maximum absolute atomic E-state index is 5.36. The van der Waals surface area contributed by atoms with Gasteiger partial charge in [0.15, 0.2) is 12.3 Å². The van der Waals surface area contributed by atoms with Crippen LogP contribution in [0.2, 0.25) is 0 Å². The molecule has 0 N–H and O–H groups in total. The molecule has 1 aromatic carbocycles. The maximum atomic E-state index is 5.36. The van der Waals surface area contributed by atoms with Gasteiger partial charge in [0.05, 0.1) is 18.4 Å². The molecule has 1 aromatic rings. The quantitative estimate of drug-likeness (QED) is 0.769. The van der Waals surface area contributed by atoms with Crippen LogP contribution in [0.3, 0.4) is 0 Å². The SMILES string of the molecule is COc1ccc2c(c1)C=[N+](C1CCCCC1C)CN2C. The second kappa shape index (κ2) is 5.47. The van der Waals surface area contributed by atoms with E-state index in [0.717, 1.165) is 18.3 Å². The first-order valence-corrected chi connectivity index (χ1v) is 7.69. The molecule has 3 heteroatoms. The van der Waals surface area contributed by atoms with Gasteiger partial charge in [0.2, 0.25) is 6.67 Å². The first-order chi connectivity index (χ1) is 9.69. The standard InChI is InChI=1S/C17H25N2O/c1-13-6-4-5-7-16(13)19-11-14-10-15(20-3)8-9-17(14)18(2)12-19/h8-11,13,16H,4-7,12H2,1-3H3/q+1. The van der Waals surface area contributed by atoms with Crippen LogP contribution >= 0.6 is 0 Å². The minimum absolute atomic E-state index is 0.686. The molecular formula is C17H25N2O+. The molecule has 2 aliphatic rings. The van der Waals surface area contributed by atoms with E-state index in [1.54, 1.807) is 7.11 Å². The molecule has 108 valence electrons. The van der Waals surface area contributed by atoms with Crippen LogP contribution in [0.1, 0.15) is 38.2 Å². The Morgan fingerprint density at radius 3 is 2.80 bits per heavy atom. The van der Waals surface area contributed by atoms with Gasteiger partial charge < -0.3 is 9.64 Å². The molecule has 2 atom stereocenters. The van der Waals surface area contributed by atoms with Crippen molar-refractivity contribution < 1.29 is 9.31 Å². The van der Waals surface area contributed by atoms with Crippen LogP contribution in [0.25, 0.3) is 0 Å². The van der Waals surface area contributed by atoms with E-state index in [9.17, 15) is 0 Å². The van der Waals surface area contributed by atoms with Crippen molar-refractivity contribution in [2.45, 2.75) is 38.6 Å². The highest BCUT2D eigenvalue weighted by Gasteiger charge is 2.33. The molecule has 0 spiro atoms. The van der Waals surface area contributed by atoms with Gasteiger partial charge >= 0.3 is 0 Å². The number of benzene rings is 1. The Hall–Kier alpha value is -1.51. The lowest BCUT2D eigenvalue weighted by atomic mass is 9.85. The van der Waals surface area contributed by atoms with E-state index in [4.69, 9.17) is 4.74 Å². The molecule has 20 heavy (non-hydrogen) atoms. The Kier molecular flexibility index (Phi) is 3.68. The number of fused-ring (bicyclic) bond motifs is 1. The van der Waals surface area contributed by atoms with Crippen molar-refractivity contribution in [1.82, 2.24) is 0 Å². The highest BCUT2D eigenvalue weighted by atomic mass is 16.5. The summed E-state index contributed by atoms with van der Waals surface area (Å²) in [5.74, 6) is 1.73. The molecule has 0 saturated heterocycles. The molecule has 1 heterocycles. The second-order valence-electron chi connectivity index (χ2n) is 6.24. The summed E-state index contributed by atoms with van der Waals surface area (Å²) in [6.07, 6.45) is 7.79. The van der Waals surface area contributed by atoms with E-state index in [0.29, 0.717) is 6.04 Å². The summed E-state index contributed by atoms with van der Waals surface area (Å²) in [4.78, 5) is 2.34. The molecule has 2 unspecified atom stereocenters. The molecular weight excluding hydrogens is 248 g/mol. The lowest BCUT2D eigenvalue weighted by Gasteiger charge is -2.31. The maximum Gasteiger partial charge on any atom is 0.218 e. The van der Waals surface area contributed by atoms with Crippen molar-refractivity contribution in [3.8, 4) is 5.75 Å². The zero-order chi connectivity index (χ0) is 14.1. The Morgan fingerprint density at radius 2 is 2.05 bits per heavy atom. The first-order valence-electron chi connectivity index (χ1n) is 7.69. The van der Waals surface area contributed by atoms with Crippen LogP contribution < -0.4 is 9.64 Å². The third kappa shape index (κ3) is 2.41. The van der Waals surface area contributed by atoms with Crippen molar-refractivity contribution in [3.05, 3.63) is 23.8 Å². The molecule has 1 aliphatic heterocycles. The summed E-state index contributed by atoms with van der Waals surface area (Å²) in [7, 11) is 3.91. The van der Waals surface area contributed by atoms with Gasteiger partial charge in [-0.25, -0.2) is 4.58 Å². The van der Waals surface area contributed by atoms with Gasteiger partial charge in [0.25, 0.3) is 0 Å². The van der Waals surface area contributed by atoms with Crippen molar-refractivity contribution in [2.75, 3.05) is 25.7 Å². The minimum Gasteiger partial charge on any atom is -0.497 e.